The van der Waals surface area contributed by atoms with Crippen LogP contribution in [0.4, 0.5) is 14.9 Å². The number of benzene rings is 1. The zero-order chi connectivity index (χ0) is 26.6. The van der Waals surface area contributed by atoms with Crippen molar-refractivity contribution in [2.24, 2.45) is 0 Å². The van der Waals surface area contributed by atoms with Crippen molar-refractivity contribution in [2.45, 2.75) is 6.92 Å². The largest absolute Gasteiger partial charge is 0.480 e. The molecular formula is C25H18FN7O4S. The molecule has 11 nitrogen and oxygen atoms in total. The van der Waals surface area contributed by atoms with Crippen LogP contribution in [-0.2, 0) is 4.74 Å². The van der Waals surface area contributed by atoms with Gasteiger partial charge in [0.15, 0.2) is 5.82 Å². The number of halogens is 1. The van der Waals surface area contributed by atoms with Crippen LogP contribution in [0, 0.1) is 24.1 Å². The van der Waals surface area contributed by atoms with E-state index in [9.17, 15) is 9.18 Å². The lowest BCUT2D eigenvalue weighted by Crippen LogP contribution is -2.18. The number of anilines is 1. The van der Waals surface area contributed by atoms with E-state index in [-0.39, 0.29) is 24.8 Å². The van der Waals surface area contributed by atoms with Gasteiger partial charge in [-0.3, -0.25) is 5.32 Å². The van der Waals surface area contributed by atoms with Gasteiger partial charge >= 0.3 is 6.09 Å². The number of carbonyl (C=O) groups excluding carboxylic acids is 1. The Morgan fingerprint density at radius 2 is 1.97 bits per heavy atom. The number of aromatic nitrogens is 5. The zero-order valence-corrected chi connectivity index (χ0v) is 20.9. The number of pyridine rings is 2. The Morgan fingerprint density at radius 3 is 2.74 bits per heavy atom. The van der Waals surface area contributed by atoms with Crippen LogP contribution >= 0.6 is 11.3 Å². The summed E-state index contributed by atoms with van der Waals surface area (Å²) in [5.74, 6) is -0.524. The van der Waals surface area contributed by atoms with Crippen molar-refractivity contribution in [2.75, 3.05) is 25.6 Å². The van der Waals surface area contributed by atoms with Crippen LogP contribution in [0.5, 0.6) is 11.8 Å². The van der Waals surface area contributed by atoms with Crippen molar-refractivity contribution in [3.05, 3.63) is 59.8 Å². The lowest BCUT2D eigenvalue weighted by molar-refractivity contribution is 0.135. The molecule has 4 heterocycles. The summed E-state index contributed by atoms with van der Waals surface area (Å²) in [6, 6.07) is 9.94. The van der Waals surface area contributed by atoms with Gasteiger partial charge in [0.1, 0.15) is 40.3 Å². The fraction of sp³-hybridized carbons (Fsp3) is 0.160. The average molecular weight is 532 g/mol. The average Bonchev–Trinajstić information content (AvgIpc) is 3.33. The number of amides is 1. The standard InChI is InChI=1S/C25H18FN7O4S/c1-13-7-16(21-18(8-13)31-20(35-2)12-29-21)23-32-19-9-17(26)22(33-24(19)38-23)36-5-6-37-25(34)30-15-4-3-14(10-27)28-11-15/h3-4,7-9,11-12H,5-6H2,1-2H3,(H,30,34). The summed E-state index contributed by atoms with van der Waals surface area (Å²) in [4.78, 5) is 34.0. The lowest BCUT2D eigenvalue weighted by Gasteiger charge is -2.08. The van der Waals surface area contributed by atoms with E-state index in [0.717, 1.165) is 11.1 Å². The SMILES string of the molecule is COc1cnc2c(-c3nc4cc(F)c(OCCOC(=O)Nc5ccc(C#N)nc5)nc4s3)cc(C)cc2n1. The summed E-state index contributed by atoms with van der Waals surface area (Å²) in [5, 5.41) is 11.8. The Balaban J connectivity index is 1.27. The Bertz CT molecular complexity index is 1700. The normalized spacial score (nSPS) is 10.8. The van der Waals surface area contributed by atoms with Gasteiger partial charge in [-0.05, 0) is 36.8 Å². The summed E-state index contributed by atoms with van der Waals surface area (Å²) in [7, 11) is 1.52. The summed E-state index contributed by atoms with van der Waals surface area (Å²) in [6.45, 7) is 1.66. The van der Waals surface area contributed by atoms with Crippen LogP contribution < -0.4 is 14.8 Å². The number of hydrogen-bond donors (Lipinski definition) is 1. The fourth-order valence-electron chi connectivity index (χ4n) is 3.51. The number of aryl methyl sites for hydroxylation is 1. The van der Waals surface area contributed by atoms with Crippen LogP contribution in [-0.4, -0.2) is 51.3 Å². The van der Waals surface area contributed by atoms with E-state index < -0.39 is 11.9 Å². The summed E-state index contributed by atoms with van der Waals surface area (Å²) in [6.07, 6.45) is 2.11. The summed E-state index contributed by atoms with van der Waals surface area (Å²) < 4.78 is 30.3. The van der Waals surface area contributed by atoms with Crippen LogP contribution in [0.1, 0.15) is 11.3 Å². The van der Waals surface area contributed by atoms with E-state index in [0.29, 0.717) is 38.0 Å². The first-order valence-electron chi connectivity index (χ1n) is 11.1. The van der Waals surface area contributed by atoms with Gasteiger partial charge in [-0.25, -0.2) is 29.1 Å². The highest BCUT2D eigenvalue weighted by atomic mass is 32.1. The van der Waals surface area contributed by atoms with E-state index in [4.69, 9.17) is 19.5 Å². The van der Waals surface area contributed by atoms with Gasteiger partial charge in [0.05, 0.1) is 36.2 Å². The number of carbonyl (C=O) groups is 1. The third-order valence-electron chi connectivity index (χ3n) is 5.19. The molecule has 0 atom stereocenters. The second-order valence-corrected chi connectivity index (χ2v) is 8.84. The molecule has 0 fully saturated rings. The van der Waals surface area contributed by atoms with Crippen molar-refractivity contribution in [3.8, 4) is 28.4 Å². The molecule has 5 rings (SSSR count). The molecule has 0 aliphatic carbocycles. The fourth-order valence-corrected chi connectivity index (χ4v) is 4.44. The van der Waals surface area contributed by atoms with E-state index in [1.165, 1.54) is 49.0 Å². The van der Waals surface area contributed by atoms with Crippen LogP contribution in [0.25, 0.3) is 32.0 Å². The first kappa shape index (κ1) is 24.7. The summed E-state index contributed by atoms with van der Waals surface area (Å²) in [5.41, 5.74) is 3.95. The molecule has 38 heavy (non-hydrogen) atoms. The van der Waals surface area contributed by atoms with Gasteiger partial charge in [-0.1, -0.05) is 11.3 Å². The van der Waals surface area contributed by atoms with Crippen molar-refractivity contribution >= 4 is 44.5 Å². The number of rotatable bonds is 7. The Labute approximate surface area is 218 Å². The summed E-state index contributed by atoms with van der Waals surface area (Å²) >= 11 is 1.27. The maximum Gasteiger partial charge on any atom is 0.411 e. The maximum atomic E-state index is 14.7. The molecule has 0 saturated carbocycles. The van der Waals surface area contributed by atoms with Gasteiger partial charge < -0.3 is 14.2 Å². The number of hydrogen-bond acceptors (Lipinski definition) is 11. The minimum absolute atomic E-state index is 0.125. The Hall–Kier alpha value is -4.96. The quantitative estimate of drug-likeness (QED) is 0.295. The molecule has 0 unspecified atom stereocenters. The third-order valence-corrected chi connectivity index (χ3v) is 6.19. The molecule has 13 heteroatoms. The monoisotopic (exact) mass is 531 g/mol. The van der Waals surface area contributed by atoms with Crippen molar-refractivity contribution < 1.29 is 23.4 Å². The molecule has 4 aromatic heterocycles. The number of fused-ring (bicyclic) bond motifs is 2. The van der Waals surface area contributed by atoms with E-state index in [1.54, 1.807) is 0 Å². The first-order chi connectivity index (χ1) is 18.4. The molecule has 0 radical (unpaired) electrons. The highest BCUT2D eigenvalue weighted by Crippen LogP contribution is 2.35. The van der Waals surface area contributed by atoms with Crippen LogP contribution in [0.2, 0.25) is 0 Å². The zero-order valence-electron chi connectivity index (χ0n) is 20.1. The molecule has 5 aromatic rings. The van der Waals surface area contributed by atoms with Crippen molar-refractivity contribution in [1.29, 1.82) is 5.26 Å². The Morgan fingerprint density at radius 1 is 1.11 bits per heavy atom. The van der Waals surface area contributed by atoms with E-state index >= 15 is 0 Å². The molecule has 0 aliphatic rings. The lowest BCUT2D eigenvalue weighted by atomic mass is 10.1. The minimum atomic E-state index is -0.748. The number of nitrogens with zero attached hydrogens (tertiary/aromatic N) is 6. The molecule has 0 spiro atoms. The number of ether oxygens (including phenoxy) is 3. The molecule has 1 amide bonds. The number of nitriles is 1. The van der Waals surface area contributed by atoms with Crippen molar-refractivity contribution in [1.82, 2.24) is 24.9 Å². The minimum Gasteiger partial charge on any atom is -0.480 e. The van der Waals surface area contributed by atoms with E-state index in [1.807, 2.05) is 25.1 Å². The molecular weight excluding hydrogens is 513 g/mol. The number of nitrogens with one attached hydrogen (secondary N) is 1. The van der Waals surface area contributed by atoms with E-state index in [2.05, 4.69) is 30.2 Å². The van der Waals surface area contributed by atoms with Crippen LogP contribution in [0.3, 0.4) is 0 Å². The predicted octanol–water partition coefficient (Wildman–Crippen LogP) is 4.65. The second kappa shape index (κ2) is 10.6. The topological polar surface area (TPSA) is 145 Å². The molecule has 0 aliphatic heterocycles. The highest BCUT2D eigenvalue weighted by molar-refractivity contribution is 7.21. The second-order valence-electron chi connectivity index (χ2n) is 7.86. The molecule has 0 saturated heterocycles. The highest BCUT2D eigenvalue weighted by Gasteiger charge is 2.17. The first-order valence-corrected chi connectivity index (χ1v) is 12.0. The Kier molecular flexibility index (Phi) is 6.88. The maximum absolute atomic E-state index is 14.7. The van der Waals surface area contributed by atoms with Gasteiger partial charge in [-0.15, -0.1) is 0 Å². The molecule has 0 bridgehead atoms. The van der Waals surface area contributed by atoms with Gasteiger partial charge in [0, 0.05) is 11.6 Å². The number of thiazole rings is 1. The predicted molar refractivity (Wildman–Crippen MR) is 137 cm³/mol. The van der Waals surface area contributed by atoms with Gasteiger partial charge in [-0.2, -0.15) is 10.2 Å². The molecule has 1 N–H and O–H groups in total. The van der Waals surface area contributed by atoms with Gasteiger partial charge in [0.2, 0.25) is 5.88 Å². The molecule has 190 valence electrons. The number of methoxy groups -OCH3 is 1. The molecule has 1 aromatic carbocycles. The van der Waals surface area contributed by atoms with Gasteiger partial charge in [0.25, 0.3) is 5.88 Å². The smallest absolute Gasteiger partial charge is 0.411 e. The third kappa shape index (κ3) is 5.25. The van der Waals surface area contributed by atoms with Crippen LogP contribution in [0.15, 0.2) is 42.7 Å². The van der Waals surface area contributed by atoms with Crippen molar-refractivity contribution in [3.63, 3.8) is 0 Å².